The number of nitrogens with zero attached hydrogens (tertiary/aromatic N) is 6. The van der Waals surface area contributed by atoms with Crippen LogP contribution in [0.25, 0.3) is 5.95 Å². The second kappa shape index (κ2) is 7.33. The van der Waals surface area contributed by atoms with Crippen molar-refractivity contribution in [2.24, 2.45) is 0 Å². The van der Waals surface area contributed by atoms with E-state index in [9.17, 15) is 4.79 Å². The molecular weight excluding hydrogens is 330 g/mol. The standard InChI is InChI=1S/C12H13N9O.CH2O2/c22-11(10-17-12(20-19-10)21-5-14-15-6-21)16-8-2-1-7-4-13-18-9(7)3-8;2-1-3/h4-6,8H,1-3H2,(H,13,18)(H,16,22)(H,17,19,20);1H,(H,2,3). The van der Waals surface area contributed by atoms with E-state index >= 15 is 0 Å². The van der Waals surface area contributed by atoms with E-state index in [1.807, 2.05) is 6.20 Å². The third kappa shape index (κ3) is 3.68. The molecule has 3 heterocycles. The molecule has 4 N–H and O–H groups in total. The SMILES string of the molecule is O=C(NC1CCc2cn[nH]c2C1)c1nc(-n2cnnc2)n[nH]1.O=CO. The number of carbonyl (C=O) groups is 2. The first-order valence-corrected chi connectivity index (χ1v) is 7.38. The average Bonchev–Trinajstić information content (AvgIpc) is 3.35. The molecule has 1 amide bonds. The van der Waals surface area contributed by atoms with Gasteiger partial charge in [0.2, 0.25) is 5.82 Å². The van der Waals surface area contributed by atoms with E-state index in [0.29, 0.717) is 5.95 Å². The quantitative estimate of drug-likeness (QED) is 0.443. The summed E-state index contributed by atoms with van der Waals surface area (Å²) < 4.78 is 1.52. The fourth-order valence-electron chi connectivity index (χ4n) is 2.56. The molecule has 0 saturated heterocycles. The van der Waals surface area contributed by atoms with Crippen molar-refractivity contribution >= 4 is 12.4 Å². The van der Waals surface area contributed by atoms with E-state index in [-0.39, 0.29) is 24.2 Å². The first-order chi connectivity index (χ1) is 12.2. The molecule has 1 aliphatic carbocycles. The van der Waals surface area contributed by atoms with Crippen molar-refractivity contribution in [3.63, 3.8) is 0 Å². The highest BCUT2D eigenvalue weighted by Crippen LogP contribution is 2.18. The number of rotatable bonds is 3. The fraction of sp³-hybridized carbons (Fsp3) is 0.308. The number of fused-ring (bicyclic) bond motifs is 1. The van der Waals surface area contributed by atoms with Gasteiger partial charge in [-0.25, -0.2) is 0 Å². The normalized spacial score (nSPS) is 15.6. The summed E-state index contributed by atoms with van der Waals surface area (Å²) in [6.07, 6.45) is 7.30. The topological polar surface area (TPSA) is 167 Å². The Morgan fingerprint density at radius 3 is 2.88 bits per heavy atom. The second-order valence-corrected chi connectivity index (χ2v) is 5.25. The van der Waals surface area contributed by atoms with Crippen molar-refractivity contribution in [3.05, 3.63) is 35.9 Å². The minimum atomic E-state index is -0.278. The number of hydrogen-bond donors (Lipinski definition) is 4. The molecule has 3 aromatic rings. The van der Waals surface area contributed by atoms with Gasteiger partial charge in [0.15, 0.2) is 0 Å². The molecule has 0 fully saturated rings. The molecule has 0 aromatic carbocycles. The minimum absolute atomic E-state index is 0.0592. The van der Waals surface area contributed by atoms with E-state index < -0.39 is 0 Å². The maximum atomic E-state index is 12.2. The summed E-state index contributed by atoms with van der Waals surface area (Å²) in [7, 11) is 0. The number of aromatic nitrogens is 8. The summed E-state index contributed by atoms with van der Waals surface area (Å²) in [5.74, 6) is 0.216. The third-order valence-corrected chi connectivity index (χ3v) is 3.69. The van der Waals surface area contributed by atoms with Crippen molar-refractivity contribution in [2.45, 2.75) is 25.3 Å². The Balaban J connectivity index is 0.000000569. The van der Waals surface area contributed by atoms with Crippen LogP contribution in [0.2, 0.25) is 0 Å². The molecule has 0 radical (unpaired) electrons. The van der Waals surface area contributed by atoms with E-state index in [0.717, 1.165) is 25.0 Å². The van der Waals surface area contributed by atoms with Gasteiger partial charge in [-0.15, -0.1) is 15.3 Å². The molecule has 12 heteroatoms. The van der Waals surface area contributed by atoms with Crippen LogP contribution >= 0.6 is 0 Å². The van der Waals surface area contributed by atoms with E-state index in [4.69, 9.17) is 9.90 Å². The van der Waals surface area contributed by atoms with Crippen molar-refractivity contribution in [2.75, 3.05) is 0 Å². The predicted molar refractivity (Wildman–Crippen MR) is 81.9 cm³/mol. The Labute approximate surface area is 140 Å². The number of H-pyrrole nitrogens is 2. The lowest BCUT2D eigenvalue weighted by Crippen LogP contribution is -2.39. The van der Waals surface area contributed by atoms with Crippen LogP contribution in [0.4, 0.5) is 0 Å². The lowest BCUT2D eigenvalue weighted by atomic mass is 9.94. The third-order valence-electron chi connectivity index (χ3n) is 3.69. The van der Waals surface area contributed by atoms with Gasteiger partial charge in [-0.3, -0.25) is 24.4 Å². The van der Waals surface area contributed by atoms with Gasteiger partial charge in [-0.05, 0) is 18.4 Å². The molecule has 12 nitrogen and oxygen atoms in total. The summed E-state index contributed by atoms with van der Waals surface area (Å²) in [5, 5.41) is 30.8. The molecule has 1 atom stereocenters. The van der Waals surface area contributed by atoms with Crippen LogP contribution < -0.4 is 5.32 Å². The average molecular weight is 345 g/mol. The number of aromatic amines is 2. The second-order valence-electron chi connectivity index (χ2n) is 5.25. The van der Waals surface area contributed by atoms with Crippen molar-refractivity contribution in [1.82, 2.24) is 45.5 Å². The van der Waals surface area contributed by atoms with Crippen LogP contribution in [-0.2, 0) is 17.6 Å². The molecule has 0 spiro atoms. The molecule has 0 bridgehead atoms. The Kier molecular flexibility index (Phi) is 4.78. The zero-order valence-electron chi connectivity index (χ0n) is 13.0. The van der Waals surface area contributed by atoms with Gasteiger partial charge in [-0.2, -0.15) is 10.1 Å². The van der Waals surface area contributed by atoms with Crippen molar-refractivity contribution in [1.29, 1.82) is 0 Å². The van der Waals surface area contributed by atoms with Crippen LogP contribution in [0.15, 0.2) is 18.9 Å². The van der Waals surface area contributed by atoms with E-state index in [1.165, 1.54) is 22.8 Å². The number of carboxylic acid groups (broad SMARTS) is 1. The number of aryl methyl sites for hydroxylation is 1. The van der Waals surface area contributed by atoms with Gasteiger partial charge >= 0.3 is 0 Å². The molecule has 4 rings (SSSR count). The monoisotopic (exact) mass is 345 g/mol. The zero-order chi connectivity index (χ0) is 17.6. The first-order valence-electron chi connectivity index (χ1n) is 7.38. The summed E-state index contributed by atoms with van der Waals surface area (Å²) >= 11 is 0. The Bertz CT molecular complexity index is 839. The molecule has 3 aromatic heterocycles. The summed E-state index contributed by atoms with van der Waals surface area (Å²) in [4.78, 5) is 24.7. The lowest BCUT2D eigenvalue weighted by Gasteiger charge is -2.22. The predicted octanol–water partition coefficient (Wildman–Crippen LogP) is -0.903. The molecule has 130 valence electrons. The van der Waals surface area contributed by atoms with Crippen LogP contribution in [0.3, 0.4) is 0 Å². The number of carbonyl (C=O) groups excluding carboxylic acids is 1. The Morgan fingerprint density at radius 2 is 2.12 bits per heavy atom. The highest BCUT2D eigenvalue weighted by atomic mass is 16.3. The summed E-state index contributed by atoms with van der Waals surface area (Å²) in [5.41, 5.74) is 2.30. The van der Waals surface area contributed by atoms with Gasteiger partial charge in [0.1, 0.15) is 12.7 Å². The molecule has 0 aliphatic heterocycles. The zero-order valence-corrected chi connectivity index (χ0v) is 13.0. The van der Waals surface area contributed by atoms with Gasteiger partial charge in [-0.1, -0.05) is 0 Å². The van der Waals surface area contributed by atoms with Crippen LogP contribution in [0, 0.1) is 0 Å². The number of hydrogen-bond acceptors (Lipinski definition) is 7. The number of amides is 1. The van der Waals surface area contributed by atoms with Crippen molar-refractivity contribution in [3.8, 4) is 5.95 Å². The Morgan fingerprint density at radius 1 is 1.36 bits per heavy atom. The van der Waals surface area contributed by atoms with Crippen molar-refractivity contribution < 1.29 is 14.7 Å². The van der Waals surface area contributed by atoms with Crippen LogP contribution in [0.5, 0.6) is 0 Å². The fourth-order valence-corrected chi connectivity index (χ4v) is 2.56. The molecule has 1 aliphatic rings. The smallest absolute Gasteiger partial charge is 0.290 e. The van der Waals surface area contributed by atoms with Crippen LogP contribution in [-0.4, -0.2) is 63.7 Å². The number of nitrogens with one attached hydrogen (secondary N) is 3. The van der Waals surface area contributed by atoms with E-state index in [1.54, 1.807) is 0 Å². The molecular formula is C13H15N9O3. The highest BCUT2D eigenvalue weighted by Gasteiger charge is 2.23. The van der Waals surface area contributed by atoms with E-state index in [2.05, 4.69) is 40.9 Å². The Hall–Kier alpha value is -3.57. The highest BCUT2D eigenvalue weighted by molar-refractivity contribution is 5.90. The molecule has 25 heavy (non-hydrogen) atoms. The maximum Gasteiger partial charge on any atom is 0.290 e. The summed E-state index contributed by atoms with van der Waals surface area (Å²) in [6.45, 7) is -0.250. The largest absolute Gasteiger partial charge is 0.483 e. The van der Waals surface area contributed by atoms with Gasteiger partial charge in [0.05, 0.1) is 6.20 Å². The first kappa shape index (κ1) is 16.3. The van der Waals surface area contributed by atoms with Gasteiger partial charge in [0.25, 0.3) is 18.3 Å². The van der Waals surface area contributed by atoms with Gasteiger partial charge < -0.3 is 10.4 Å². The molecule has 0 saturated carbocycles. The molecule has 1 unspecified atom stereocenters. The van der Waals surface area contributed by atoms with Crippen LogP contribution in [0.1, 0.15) is 28.3 Å². The van der Waals surface area contributed by atoms with Gasteiger partial charge in [0, 0.05) is 18.2 Å². The minimum Gasteiger partial charge on any atom is -0.483 e. The summed E-state index contributed by atoms with van der Waals surface area (Å²) in [6, 6.07) is 0.0592. The lowest BCUT2D eigenvalue weighted by molar-refractivity contribution is -0.122. The maximum absolute atomic E-state index is 12.2.